The molecule has 100 valence electrons. The summed E-state index contributed by atoms with van der Waals surface area (Å²) in [6, 6.07) is 3.22. The molecule has 0 radical (unpaired) electrons. The molecule has 1 unspecified atom stereocenters. The van der Waals surface area contributed by atoms with Gasteiger partial charge in [0.2, 0.25) is 5.91 Å². The molecule has 3 nitrogen and oxygen atoms in total. The fourth-order valence-corrected chi connectivity index (χ4v) is 1.88. The number of carbonyl (C=O) groups is 1. The maximum absolute atomic E-state index is 13.3. The topological polar surface area (TPSA) is 41.1 Å². The highest BCUT2D eigenvalue weighted by atomic mass is 35.5. The van der Waals surface area contributed by atoms with Gasteiger partial charge in [0.25, 0.3) is 0 Å². The van der Waals surface area contributed by atoms with Crippen molar-refractivity contribution in [2.24, 2.45) is 5.92 Å². The van der Waals surface area contributed by atoms with E-state index in [0.29, 0.717) is 6.54 Å². The monoisotopic (exact) mass is 276 g/mol. The van der Waals surface area contributed by atoms with Crippen LogP contribution in [0.1, 0.15) is 12.0 Å². The van der Waals surface area contributed by atoms with Crippen LogP contribution < -0.4 is 10.6 Å². The zero-order valence-electron chi connectivity index (χ0n) is 9.71. The summed E-state index contributed by atoms with van der Waals surface area (Å²) in [6.45, 7) is 1.50. The third kappa shape index (κ3) is 3.65. The van der Waals surface area contributed by atoms with Crippen LogP contribution in [0.25, 0.3) is 0 Å². The third-order valence-electron chi connectivity index (χ3n) is 2.89. The van der Waals surface area contributed by atoms with Crippen molar-refractivity contribution in [3.05, 3.63) is 35.4 Å². The molecular formula is C12H15ClF2N2O. The Balaban J connectivity index is 0.00000162. The molecule has 0 aliphatic carbocycles. The van der Waals surface area contributed by atoms with E-state index in [2.05, 4.69) is 10.6 Å². The molecule has 1 aliphatic rings. The van der Waals surface area contributed by atoms with Crippen molar-refractivity contribution in [3.63, 3.8) is 0 Å². The molecule has 1 amide bonds. The molecule has 0 aromatic heterocycles. The van der Waals surface area contributed by atoms with E-state index < -0.39 is 11.6 Å². The van der Waals surface area contributed by atoms with E-state index in [-0.39, 0.29) is 36.3 Å². The highest BCUT2D eigenvalue weighted by Crippen LogP contribution is 2.11. The minimum Gasteiger partial charge on any atom is -0.352 e. The zero-order chi connectivity index (χ0) is 12.3. The zero-order valence-corrected chi connectivity index (χ0v) is 10.5. The first-order valence-electron chi connectivity index (χ1n) is 5.59. The normalized spacial score (nSPS) is 18.2. The lowest BCUT2D eigenvalue weighted by Gasteiger charge is -2.10. The van der Waals surface area contributed by atoms with Gasteiger partial charge in [0.05, 0.1) is 5.92 Å². The number of benzene rings is 1. The molecule has 1 atom stereocenters. The summed E-state index contributed by atoms with van der Waals surface area (Å²) in [5, 5.41) is 5.70. The second kappa shape index (κ2) is 6.66. The Bertz CT molecular complexity index is 423. The Kier molecular flexibility index (Phi) is 5.50. The highest BCUT2D eigenvalue weighted by Gasteiger charge is 2.22. The maximum Gasteiger partial charge on any atom is 0.224 e. The van der Waals surface area contributed by atoms with Gasteiger partial charge in [0.1, 0.15) is 11.6 Å². The number of carbonyl (C=O) groups excluding carboxylic acids is 1. The van der Waals surface area contributed by atoms with Crippen molar-refractivity contribution in [2.75, 3.05) is 13.1 Å². The first-order chi connectivity index (χ1) is 8.16. The van der Waals surface area contributed by atoms with Crippen LogP contribution in [0.3, 0.4) is 0 Å². The minimum atomic E-state index is -0.503. The van der Waals surface area contributed by atoms with Crippen LogP contribution >= 0.6 is 12.4 Å². The molecule has 18 heavy (non-hydrogen) atoms. The lowest BCUT2D eigenvalue weighted by Crippen LogP contribution is -2.31. The fourth-order valence-electron chi connectivity index (χ4n) is 1.88. The molecule has 0 bridgehead atoms. The van der Waals surface area contributed by atoms with Gasteiger partial charge >= 0.3 is 0 Å². The summed E-state index contributed by atoms with van der Waals surface area (Å²) >= 11 is 0. The van der Waals surface area contributed by atoms with E-state index in [4.69, 9.17) is 0 Å². The third-order valence-corrected chi connectivity index (χ3v) is 2.89. The van der Waals surface area contributed by atoms with Gasteiger partial charge in [-0.3, -0.25) is 4.79 Å². The molecule has 1 aromatic carbocycles. The lowest BCUT2D eigenvalue weighted by molar-refractivity contribution is -0.124. The van der Waals surface area contributed by atoms with Crippen LogP contribution in [-0.2, 0) is 11.3 Å². The van der Waals surface area contributed by atoms with Crippen molar-refractivity contribution in [1.29, 1.82) is 0 Å². The standard InChI is InChI=1S/C12H14F2N2O.ClH/c13-10-1-2-11(14)9(5-10)7-16-12(17)8-3-4-15-6-8;/h1-2,5,8,15H,3-4,6-7H2,(H,16,17);1H. The van der Waals surface area contributed by atoms with Crippen molar-refractivity contribution in [1.82, 2.24) is 10.6 Å². The number of amides is 1. The van der Waals surface area contributed by atoms with Gasteiger partial charge in [-0.05, 0) is 31.2 Å². The average Bonchev–Trinajstić information content (AvgIpc) is 2.83. The SMILES string of the molecule is Cl.O=C(NCc1cc(F)ccc1F)C1CCNC1. The molecule has 2 N–H and O–H groups in total. The van der Waals surface area contributed by atoms with Crippen molar-refractivity contribution in [2.45, 2.75) is 13.0 Å². The maximum atomic E-state index is 13.3. The second-order valence-corrected chi connectivity index (χ2v) is 4.14. The summed E-state index contributed by atoms with van der Waals surface area (Å²) in [7, 11) is 0. The summed E-state index contributed by atoms with van der Waals surface area (Å²) < 4.78 is 26.2. The molecule has 2 rings (SSSR count). The van der Waals surface area contributed by atoms with Crippen LogP contribution in [0.5, 0.6) is 0 Å². The Hall–Kier alpha value is -1.20. The van der Waals surface area contributed by atoms with Crippen molar-refractivity contribution >= 4 is 18.3 Å². The van der Waals surface area contributed by atoms with Gasteiger partial charge in [-0.1, -0.05) is 0 Å². The number of rotatable bonds is 3. The van der Waals surface area contributed by atoms with E-state index in [1.165, 1.54) is 0 Å². The number of nitrogens with one attached hydrogen (secondary N) is 2. The molecule has 0 saturated carbocycles. The van der Waals surface area contributed by atoms with Crippen LogP contribution in [0.4, 0.5) is 8.78 Å². The van der Waals surface area contributed by atoms with E-state index >= 15 is 0 Å². The first-order valence-corrected chi connectivity index (χ1v) is 5.59. The van der Waals surface area contributed by atoms with E-state index in [1.807, 2.05) is 0 Å². The van der Waals surface area contributed by atoms with Gasteiger partial charge < -0.3 is 10.6 Å². The van der Waals surface area contributed by atoms with Crippen molar-refractivity contribution in [3.8, 4) is 0 Å². The minimum absolute atomic E-state index is 0. The van der Waals surface area contributed by atoms with Gasteiger partial charge in [0.15, 0.2) is 0 Å². The predicted molar refractivity (Wildman–Crippen MR) is 66.4 cm³/mol. The second-order valence-electron chi connectivity index (χ2n) is 4.14. The highest BCUT2D eigenvalue weighted by molar-refractivity contribution is 5.85. The molecule has 1 heterocycles. The van der Waals surface area contributed by atoms with Gasteiger partial charge in [-0.2, -0.15) is 0 Å². The predicted octanol–water partition coefficient (Wildman–Crippen LogP) is 1.61. The fraction of sp³-hybridized carbons (Fsp3) is 0.417. The van der Waals surface area contributed by atoms with Crippen molar-refractivity contribution < 1.29 is 13.6 Å². The van der Waals surface area contributed by atoms with E-state index in [1.54, 1.807) is 0 Å². The smallest absolute Gasteiger partial charge is 0.224 e. The van der Waals surface area contributed by atoms with E-state index in [0.717, 1.165) is 31.2 Å². The molecule has 0 spiro atoms. The Morgan fingerprint density at radius 3 is 2.89 bits per heavy atom. The van der Waals surface area contributed by atoms with Crippen LogP contribution in [-0.4, -0.2) is 19.0 Å². The Morgan fingerprint density at radius 2 is 2.22 bits per heavy atom. The van der Waals surface area contributed by atoms with Crippen LogP contribution in [0.15, 0.2) is 18.2 Å². The number of hydrogen-bond acceptors (Lipinski definition) is 2. The van der Waals surface area contributed by atoms with Gasteiger partial charge in [-0.15, -0.1) is 12.4 Å². The molecule has 6 heteroatoms. The average molecular weight is 277 g/mol. The van der Waals surface area contributed by atoms with Gasteiger partial charge in [0, 0.05) is 18.7 Å². The summed E-state index contributed by atoms with van der Waals surface area (Å²) in [6.07, 6.45) is 0.789. The lowest BCUT2D eigenvalue weighted by atomic mass is 10.1. The van der Waals surface area contributed by atoms with Crippen LogP contribution in [0.2, 0.25) is 0 Å². The Morgan fingerprint density at radius 1 is 1.44 bits per heavy atom. The number of halogens is 3. The summed E-state index contributed by atoms with van der Waals surface area (Å²) in [5.74, 6) is -1.18. The number of hydrogen-bond donors (Lipinski definition) is 2. The van der Waals surface area contributed by atoms with Crippen LogP contribution in [0, 0.1) is 17.6 Å². The van der Waals surface area contributed by atoms with Gasteiger partial charge in [-0.25, -0.2) is 8.78 Å². The molecule has 1 aromatic rings. The summed E-state index contributed by atoms with van der Waals surface area (Å²) in [4.78, 5) is 11.6. The Labute approximate surface area is 110 Å². The molecule has 1 saturated heterocycles. The summed E-state index contributed by atoms with van der Waals surface area (Å²) in [5.41, 5.74) is 0.171. The largest absolute Gasteiger partial charge is 0.352 e. The molecule has 1 aliphatic heterocycles. The molecular weight excluding hydrogens is 262 g/mol. The first kappa shape index (κ1) is 14.9. The van der Waals surface area contributed by atoms with E-state index in [9.17, 15) is 13.6 Å². The molecule has 1 fully saturated rings. The quantitative estimate of drug-likeness (QED) is 0.881.